The molecule has 1 amide bonds. The van der Waals surface area contributed by atoms with E-state index in [4.69, 9.17) is 0 Å². The lowest BCUT2D eigenvalue weighted by Crippen LogP contribution is -2.45. The van der Waals surface area contributed by atoms with Crippen LogP contribution in [0.3, 0.4) is 0 Å². The van der Waals surface area contributed by atoms with Crippen molar-refractivity contribution in [3.8, 4) is 0 Å². The van der Waals surface area contributed by atoms with Crippen LogP contribution in [0.4, 0.5) is 0 Å². The summed E-state index contributed by atoms with van der Waals surface area (Å²) in [5, 5.41) is 3.23. The van der Waals surface area contributed by atoms with Crippen molar-refractivity contribution < 1.29 is 4.79 Å². The third kappa shape index (κ3) is 3.43. The predicted molar refractivity (Wildman–Crippen MR) is 69.7 cm³/mol. The van der Waals surface area contributed by atoms with Gasteiger partial charge in [-0.1, -0.05) is 29.8 Å². The number of nitrogens with zero attached hydrogens (tertiary/aromatic N) is 1. The molecule has 0 aromatic heterocycles. The van der Waals surface area contributed by atoms with Crippen molar-refractivity contribution in [1.29, 1.82) is 0 Å². The molecule has 3 nitrogen and oxygen atoms in total. The fourth-order valence-corrected chi connectivity index (χ4v) is 1.93. The number of aryl methyl sites for hydroxylation is 1. The van der Waals surface area contributed by atoms with Crippen LogP contribution in [0.5, 0.6) is 0 Å². The molecule has 17 heavy (non-hydrogen) atoms. The van der Waals surface area contributed by atoms with Crippen LogP contribution in [0.1, 0.15) is 11.1 Å². The Morgan fingerprint density at radius 2 is 2.12 bits per heavy atom. The zero-order valence-corrected chi connectivity index (χ0v) is 10.1. The topological polar surface area (TPSA) is 32.3 Å². The smallest absolute Gasteiger partial charge is 0.246 e. The second kappa shape index (κ2) is 5.64. The van der Waals surface area contributed by atoms with E-state index in [1.807, 2.05) is 23.1 Å². The summed E-state index contributed by atoms with van der Waals surface area (Å²) in [6, 6.07) is 8.13. The minimum Gasteiger partial charge on any atom is -0.337 e. The lowest BCUT2D eigenvalue weighted by Gasteiger charge is -2.26. The van der Waals surface area contributed by atoms with Gasteiger partial charge in [-0.2, -0.15) is 0 Å². The summed E-state index contributed by atoms with van der Waals surface area (Å²) >= 11 is 0. The third-order valence-electron chi connectivity index (χ3n) is 2.89. The highest BCUT2D eigenvalue weighted by molar-refractivity contribution is 5.91. The van der Waals surface area contributed by atoms with Gasteiger partial charge in [-0.05, 0) is 18.6 Å². The summed E-state index contributed by atoms with van der Waals surface area (Å²) in [5.41, 5.74) is 2.29. The van der Waals surface area contributed by atoms with E-state index >= 15 is 0 Å². The minimum atomic E-state index is 0.105. The Morgan fingerprint density at radius 1 is 1.35 bits per heavy atom. The number of hydrogen-bond donors (Lipinski definition) is 1. The maximum Gasteiger partial charge on any atom is 0.246 e. The monoisotopic (exact) mass is 230 g/mol. The molecule has 0 spiro atoms. The summed E-state index contributed by atoms with van der Waals surface area (Å²) in [6.45, 7) is 5.44. The van der Waals surface area contributed by atoms with Crippen molar-refractivity contribution in [1.82, 2.24) is 10.2 Å². The highest BCUT2D eigenvalue weighted by atomic mass is 16.2. The molecule has 1 aliphatic rings. The Hall–Kier alpha value is -1.61. The number of hydrogen-bond acceptors (Lipinski definition) is 2. The second-order valence-corrected chi connectivity index (χ2v) is 4.32. The minimum absolute atomic E-state index is 0.105. The van der Waals surface area contributed by atoms with Gasteiger partial charge >= 0.3 is 0 Å². The first kappa shape index (κ1) is 11.9. The standard InChI is InChI=1S/C14H18N2O/c1-12-3-2-4-13(11-12)5-6-14(17)16-9-7-15-8-10-16/h2-6,11,15H,7-10H2,1H3. The summed E-state index contributed by atoms with van der Waals surface area (Å²) < 4.78 is 0. The normalized spacial score (nSPS) is 16.4. The summed E-state index contributed by atoms with van der Waals surface area (Å²) in [7, 11) is 0. The molecule has 0 aliphatic carbocycles. The van der Waals surface area contributed by atoms with E-state index < -0.39 is 0 Å². The summed E-state index contributed by atoms with van der Waals surface area (Å²) in [4.78, 5) is 13.7. The zero-order chi connectivity index (χ0) is 12.1. The van der Waals surface area contributed by atoms with Crippen molar-refractivity contribution in [2.45, 2.75) is 6.92 Å². The van der Waals surface area contributed by atoms with Gasteiger partial charge in [0.05, 0.1) is 0 Å². The van der Waals surface area contributed by atoms with Gasteiger partial charge in [0.2, 0.25) is 5.91 Å². The molecule has 90 valence electrons. The predicted octanol–water partition coefficient (Wildman–Crippen LogP) is 1.44. The Bertz CT molecular complexity index is 420. The largest absolute Gasteiger partial charge is 0.337 e. The highest BCUT2D eigenvalue weighted by Crippen LogP contribution is 2.06. The first-order chi connectivity index (χ1) is 8.25. The van der Waals surface area contributed by atoms with Crippen LogP contribution in [-0.2, 0) is 4.79 Å². The van der Waals surface area contributed by atoms with Gasteiger partial charge in [-0.25, -0.2) is 0 Å². The fourth-order valence-electron chi connectivity index (χ4n) is 1.93. The van der Waals surface area contributed by atoms with Crippen molar-refractivity contribution >= 4 is 12.0 Å². The van der Waals surface area contributed by atoms with Crippen molar-refractivity contribution in [2.75, 3.05) is 26.2 Å². The van der Waals surface area contributed by atoms with E-state index in [1.165, 1.54) is 5.56 Å². The van der Waals surface area contributed by atoms with E-state index in [2.05, 4.69) is 24.4 Å². The van der Waals surface area contributed by atoms with Crippen LogP contribution < -0.4 is 5.32 Å². The number of carbonyl (C=O) groups is 1. The Morgan fingerprint density at radius 3 is 2.82 bits per heavy atom. The molecule has 1 heterocycles. The number of piperazine rings is 1. The molecule has 1 fully saturated rings. The van der Waals surface area contributed by atoms with Crippen LogP contribution >= 0.6 is 0 Å². The van der Waals surface area contributed by atoms with E-state index in [-0.39, 0.29) is 5.91 Å². The maximum absolute atomic E-state index is 11.9. The maximum atomic E-state index is 11.9. The summed E-state index contributed by atoms with van der Waals surface area (Å²) in [5.74, 6) is 0.105. The number of benzene rings is 1. The van der Waals surface area contributed by atoms with Crippen LogP contribution in [0.2, 0.25) is 0 Å². The van der Waals surface area contributed by atoms with Crippen molar-refractivity contribution in [3.05, 3.63) is 41.5 Å². The highest BCUT2D eigenvalue weighted by Gasteiger charge is 2.12. The zero-order valence-electron chi connectivity index (χ0n) is 10.1. The van der Waals surface area contributed by atoms with Crippen molar-refractivity contribution in [3.63, 3.8) is 0 Å². The van der Waals surface area contributed by atoms with Gasteiger partial charge in [0.15, 0.2) is 0 Å². The molecule has 0 bridgehead atoms. The molecule has 1 aromatic rings. The van der Waals surface area contributed by atoms with E-state index in [0.29, 0.717) is 0 Å². The molecule has 0 radical (unpaired) electrons. The molecule has 0 unspecified atom stereocenters. The summed E-state index contributed by atoms with van der Waals surface area (Å²) in [6.07, 6.45) is 3.55. The molecule has 1 N–H and O–H groups in total. The first-order valence-electron chi connectivity index (χ1n) is 6.00. The van der Waals surface area contributed by atoms with Gasteiger partial charge in [-0.15, -0.1) is 0 Å². The molecule has 2 rings (SSSR count). The van der Waals surface area contributed by atoms with E-state index in [9.17, 15) is 4.79 Å². The molecular formula is C14H18N2O. The number of nitrogens with one attached hydrogen (secondary N) is 1. The molecule has 0 atom stereocenters. The molecule has 1 aromatic carbocycles. The average Bonchev–Trinajstić information content (AvgIpc) is 2.37. The van der Waals surface area contributed by atoms with Gasteiger partial charge < -0.3 is 10.2 Å². The van der Waals surface area contributed by atoms with Gasteiger partial charge in [0, 0.05) is 32.3 Å². The van der Waals surface area contributed by atoms with Gasteiger partial charge in [-0.3, -0.25) is 4.79 Å². The van der Waals surface area contributed by atoms with Crippen molar-refractivity contribution in [2.24, 2.45) is 0 Å². The Balaban J connectivity index is 1.97. The SMILES string of the molecule is Cc1cccc(C=CC(=O)N2CCNCC2)c1. The van der Waals surface area contributed by atoms with Crippen LogP contribution in [0, 0.1) is 6.92 Å². The lowest BCUT2D eigenvalue weighted by molar-refractivity contribution is -0.126. The number of rotatable bonds is 2. The Labute approximate surface area is 102 Å². The molecule has 3 heteroatoms. The average molecular weight is 230 g/mol. The van der Waals surface area contributed by atoms with E-state index in [0.717, 1.165) is 31.7 Å². The molecule has 1 aliphatic heterocycles. The Kier molecular flexibility index (Phi) is 3.94. The second-order valence-electron chi connectivity index (χ2n) is 4.32. The third-order valence-corrected chi connectivity index (χ3v) is 2.89. The van der Waals surface area contributed by atoms with Crippen LogP contribution in [0.25, 0.3) is 6.08 Å². The molecule has 0 saturated carbocycles. The fraction of sp³-hybridized carbons (Fsp3) is 0.357. The van der Waals surface area contributed by atoms with Gasteiger partial charge in [0.25, 0.3) is 0 Å². The first-order valence-corrected chi connectivity index (χ1v) is 6.00. The van der Waals surface area contributed by atoms with Crippen LogP contribution in [-0.4, -0.2) is 37.0 Å². The lowest BCUT2D eigenvalue weighted by atomic mass is 10.1. The number of amides is 1. The quantitative estimate of drug-likeness (QED) is 0.780. The van der Waals surface area contributed by atoms with E-state index in [1.54, 1.807) is 6.08 Å². The number of carbonyl (C=O) groups excluding carboxylic acids is 1. The molecular weight excluding hydrogens is 212 g/mol. The van der Waals surface area contributed by atoms with Crippen LogP contribution in [0.15, 0.2) is 30.3 Å². The van der Waals surface area contributed by atoms with Gasteiger partial charge in [0.1, 0.15) is 0 Å². The molecule has 1 saturated heterocycles.